The summed E-state index contributed by atoms with van der Waals surface area (Å²) in [5.41, 5.74) is 0.194. The molecular formula is C22H28N2O3. The molecule has 5 heteroatoms. The highest BCUT2D eigenvalue weighted by molar-refractivity contribution is 6.14. The smallest absolute Gasteiger partial charge is 0.242 e. The van der Waals surface area contributed by atoms with E-state index in [1.54, 1.807) is 43.0 Å². The van der Waals surface area contributed by atoms with Crippen LogP contribution in [0.2, 0.25) is 0 Å². The van der Waals surface area contributed by atoms with Gasteiger partial charge < -0.3 is 15.0 Å². The molecule has 0 saturated heterocycles. The van der Waals surface area contributed by atoms with Gasteiger partial charge in [0.25, 0.3) is 0 Å². The van der Waals surface area contributed by atoms with E-state index >= 15 is 0 Å². The van der Waals surface area contributed by atoms with Gasteiger partial charge in [-0.2, -0.15) is 0 Å². The van der Waals surface area contributed by atoms with Gasteiger partial charge in [0.1, 0.15) is 11.2 Å². The van der Waals surface area contributed by atoms with Crippen molar-refractivity contribution in [1.82, 2.24) is 0 Å². The largest absolute Gasteiger partial charge is 0.491 e. The molecule has 2 rings (SSSR count). The third-order valence-corrected chi connectivity index (χ3v) is 4.22. The molecule has 0 radical (unpaired) electrons. The Bertz CT molecular complexity index is 768. The Morgan fingerprint density at radius 1 is 1.04 bits per heavy atom. The predicted octanol–water partition coefficient (Wildman–Crippen LogP) is 4.49. The second-order valence-electron chi connectivity index (χ2n) is 7.16. The first-order valence-electron chi connectivity index (χ1n) is 9.21. The number of benzene rings is 2. The number of amides is 2. The Balaban J connectivity index is 2.12. The Morgan fingerprint density at radius 2 is 1.63 bits per heavy atom. The molecule has 27 heavy (non-hydrogen) atoms. The van der Waals surface area contributed by atoms with E-state index in [1.807, 2.05) is 51.1 Å². The Kier molecular flexibility index (Phi) is 6.61. The van der Waals surface area contributed by atoms with Crippen molar-refractivity contribution in [3.05, 3.63) is 54.6 Å². The van der Waals surface area contributed by atoms with Gasteiger partial charge in [0.15, 0.2) is 0 Å². The molecular weight excluding hydrogens is 340 g/mol. The second kappa shape index (κ2) is 8.71. The fourth-order valence-electron chi connectivity index (χ4n) is 2.66. The van der Waals surface area contributed by atoms with Crippen LogP contribution in [0.1, 0.15) is 34.6 Å². The molecule has 2 aromatic rings. The SMILES string of the molecule is CCN(C(=O)C(C)(C)C(=O)Nc1ccc(OC(C)C)cc1)c1ccccc1. The van der Waals surface area contributed by atoms with E-state index in [0.717, 1.165) is 11.4 Å². The van der Waals surface area contributed by atoms with Crippen LogP contribution >= 0.6 is 0 Å². The van der Waals surface area contributed by atoms with Gasteiger partial charge >= 0.3 is 0 Å². The molecule has 0 aromatic heterocycles. The fourth-order valence-corrected chi connectivity index (χ4v) is 2.66. The molecule has 0 aliphatic rings. The first-order chi connectivity index (χ1) is 12.8. The standard InChI is InChI=1S/C22H28N2O3/c1-6-24(18-10-8-7-9-11-18)21(26)22(4,5)20(25)23-17-12-14-19(15-13-17)27-16(2)3/h7-16H,6H2,1-5H3,(H,23,25). The van der Waals surface area contributed by atoms with E-state index in [4.69, 9.17) is 4.74 Å². The lowest BCUT2D eigenvalue weighted by molar-refractivity contribution is -0.136. The van der Waals surface area contributed by atoms with Gasteiger partial charge in [-0.05, 0) is 71.0 Å². The van der Waals surface area contributed by atoms with E-state index < -0.39 is 5.41 Å². The minimum Gasteiger partial charge on any atom is -0.491 e. The summed E-state index contributed by atoms with van der Waals surface area (Å²) in [6.45, 7) is 9.58. The van der Waals surface area contributed by atoms with Gasteiger partial charge in [0, 0.05) is 17.9 Å². The zero-order valence-electron chi connectivity index (χ0n) is 16.7. The van der Waals surface area contributed by atoms with E-state index in [9.17, 15) is 9.59 Å². The van der Waals surface area contributed by atoms with Crippen LogP contribution in [0.4, 0.5) is 11.4 Å². The zero-order chi connectivity index (χ0) is 20.0. The van der Waals surface area contributed by atoms with Gasteiger partial charge in [0.2, 0.25) is 11.8 Å². The maximum absolute atomic E-state index is 13.0. The van der Waals surface area contributed by atoms with E-state index in [2.05, 4.69) is 5.32 Å². The van der Waals surface area contributed by atoms with Gasteiger partial charge in [-0.1, -0.05) is 18.2 Å². The molecule has 0 bridgehead atoms. The number of hydrogen-bond donors (Lipinski definition) is 1. The minimum absolute atomic E-state index is 0.0833. The quantitative estimate of drug-likeness (QED) is 0.733. The summed E-state index contributed by atoms with van der Waals surface area (Å²) >= 11 is 0. The number of carbonyl (C=O) groups excluding carboxylic acids is 2. The third kappa shape index (κ3) is 5.09. The van der Waals surface area contributed by atoms with Crippen molar-refractivity contribution in [2.24, 2.45) is 5.41 Å². The summed E-state index contributed by atoms with van der Waals surface area (Å²) in [6.07, 6.45) is 0.0833. The first-order valence-corrected chi connectivity index (χ1v) is 9.21. The Hall–Kier alpha value is -2.82. The average Bonchev–Trinajstić information content (AvgIpc) is 2.64. The lowest BCUT2D eigenvalue weighted by atomic mass is 9.89. The highest BCUT2D eigenvalue weighted by Gasteiger charge is 2.39. The topological polar surface area (TPSA) is 58.6 Å². The van der Waals surface area contributed by atoms with Crippen LogP contribution in [0.3, 0.4) is 0 Å². The van der Waals surface area contributed by atoms with Crippen LogP contribution < -0.4 is 15.0 Å². The molecule has 0 unspecified atom stereocenters. The van der Waals surface area contributed by atoms with E-state index in [1.165, 1.54) is 0 Å². The number of nitrogens with one attached hydrogen (secondary N) is 1. The maximum Gasteiger partial charge on any atom is 0.242 e. The fraction of sp³-hybridized carbons (Fsp3) is 0.364. The number of carbonyl (C=O) groups is 2. The summed E-state index contributed by atoms with van der Waals surface area (Å²) in [5.74, 6) is 0.146. The lowest BCUT2D eigenvalue weighted by Crippen LogP contribution is -2.47. The number of nitrogens with zero attached hydrogens (tertiary/aromatic N) is 1. The molecule has 0 heterocycles. The number of para-hydroxylation sites is 1. The van der Waals surface area contributed by atoms with Crippen LogP contribution in [0, 0.1) is 5.41 Å². The molecule has 0 saturated carbocycles. The van der Waals surface area contributed by atoms with Crippen molar-refractivity contribution < 1.29 is 14.3 Å². The number of hydrogen-bond acceptors (Lipinski definition) is 3. The highest BCUT2D eigenvalue weighted by atomic mass is 16.5. The van der Waals surface area contributed by atoms with Crippen molar-refractivity contribution in [2.75, 3.05) is 16.8 Å². The molecule has 0 atom stereocenters. The van der Waals surface area contributed by atoms with Crippen LogP contribution in [0.5, 0.6) is 5.75 Å². The predicted molar refractivity (Wildman–Crippen MR) is 109 cm³/mol. The van der Waals surface area contributed by atoms with Crippen LogP contribution in [0.25, 0.3) is 0 Å². The maximum atomic E-state index is 13.0. The van der Waals surface area contributed by atoms with Gasteiger partial charge in [-0.3, -0.25) is 9.59 Å². The van der Waals surface area contributed by atoms with Crippen LogP contribution in [-0.4, -0.2) is 24.5 Å². The summed E-state index contributed by atoms with van der Waals surface area (Å²) in [5, 5.41) is 2.83. The minimum atomic E-state index is -1.21. The normalized spacial score (nSPS) is 11.2. The first kappa shape index (κ1) is 20.5. The van der Waals surface area contributed by atoms with Crippen molar-refractivity contribution in [3.8, 4) is 5.75 Å². The molecule has 0 fully saturated rings. The average molecular weight is 368 g/mol. The summed E-state index contributed by atoms with van der Waals surface area (Å²) in [6, 6.07) is 16.5. The van der Waals surface area contributed by atoms with Gasteiger partial charge in [-0.15, -0.1) is 0 Å². The summed E-state index contributed by atoms with van der Waals surface area (Å²) < 4.78 is 5.60. The monoisotopic (exact) mass is 368 g/mol. The molecule has 0 spiro atoms. The number of ether oxygens (including phenoxy) is 1. The van der Waals surface area contributed by atoms with Crippen LogP contribution in [-0.2, 0) is 9.59 Å². The van der Waals surface area contributed by atoms with Crippen molar-refractivity contribution in [2.45, 2.75) is 40.7 Å². The van der Waals surface area contributed by atoms with Gasteiger partial charge in [0.05, 0.1) is 6.10 Å². The summed E-state index contributed by atoms with van der Waals surface area (Å²) in [7, 11) is 0. The number of anilines is 2. The molecule has 0 aliphatic heterocycles. The van der Waals surface area contributed by atoms with E-state index in [-0.39, 0.29) is 17.9 Å². The van der Waals surface area contributed by atoms with Crippen molar-refractivity contribution in [1.29, 1.82) is 0 Å². The third-order valence-electron chi connectivity index (χ3n) is 4.22. The lowest BCUT2D eigenvalue weighted by Gasteiger charge is -2.30. The highest BCUT2D eigenvalue weighted by Crippen LogP contribution is 2.26. The molecule has 2 aromatic carbocycles. The molecule has 2 amide bonds. The van der Waals surface area contributed by atoms with E-state index in [0.29, 0.717) is 12.2 Å². The zero-order valence-corrected chi connectivity index (χ0v) is 16.7. The Morgan fingerprint density at radius 3 is 2.15 bits per heavy atom. The van der Waals surface area contributed by atoms with Gasteiger partial charge in [-0.25, -0.2) is 0 Å². The summed E-state index contributed by atoms with van der Waals surface area (Å²) in [4.78, 5) is 27.5. The van der Waals surface area contributed by atoms with Crippen molar-refractivity contribution in [3.63, 3.8) is 0 Å². The molecule has 5 nitrogen and oxygen atoms in total. The second-order valence-corrected chi connectivity index (χ2v) is 7.16. The van der Waals surface area contributed by atoms with Crippen LogP contribution in [0.15, 0.2) is 54.6 Å². The molecule has 1 N–H and O–H groups in total. The Labute approximate surface area is 161 Å². The molecule has 144 valence electrons. The number of rotatable bonds is 7. The van der Waals surface area contributed by atoms with Crippen molar-refractivity contribution >= 4 is 23.2 Å². The molecule has 0 aliphatic carbocycles.